The Morgan fingerprint density at radius 1 is 1.27 bits per heavy atom. The van der Waals surface area contributed by atoms with Crippen LogP contribution in [-0.2, 0) is 0 Å². The first kappa shape index (κ1) is 10.8. The molecule has 2 rings (SSSR count). The second-order valence-corrected chi connectivity index (χ2v) is 4.49. The Morgan fingerprint density at radius 2 is 1.87 bits per heavy atom. The van der Waals surface area contributed by atoms with Gasteiger partial charge in [0.25, 0.3) is 5.24 Å². The van der Waals surface area contributed by atoms with E-state index in [1.807, 2.05) is 0 Å². The third kappa shape index (κ3) is 1.62. The summed E-state index contributed by atoms with van der Waals surface area (Å²) in [7, 11) is 0. The fourth-order valence-electron chi connectivity index (χ4n) is 1.22. The summed E-state index contributed by atoms with van der Waals surface area (Å²) in [5, 5.41) is -1.04. The van der Waals surface area contributed by atoms with E-state index in [-0.39, 0.29) is 20.0 Å². The third-order valence-electron chi connectivity index (χ3n) is 1.86. The van der Waals surface area contributed by atoms with Crippen LogP contribution in [0.5, 0.6) is 0 Å². The lowest BCUT2D eigenvalue weighted by Gasteiger charge is -1.93. The van der Waals surface area contributed by atoms with Crippen molar-refractivity contribution in [2.24, 2.45) is 0 Å². The largest absolute Gasteiger partial charge is 0.275 e. The van der Waals surface area contributed by atoms with Gasteiger partial charge in [-0.3, -0.25) is 4.79 Å². The topological polar surface area (TPSA) is 17.1 Å². The van der Waals surface area contributed by atoms with Gasteiger partial charge in [0.2, 0.25) is 0 Å². The lowest BCUT2D eigenvalue weighted by atomic mass is 10.2. The Labute approximate surface area is 97.2 Å². The maximum Gasteiger partial charge on any atom is 0.263 e. The van der Waals surface area contributed by atoms with Gasteiger partial charge in [0.05, 0.1) is 15.1 Å². The molecule has 1 aromatic heterocycles. The quantitative estimate of drug-likeness (QED) is 0.707. The molecule has 0 fully saturated rings. The highest BCUT2D eigenvalue weighted by Crippen LogP contribution is 2.38. The number of hydrogen-bond donors (Lipinski definition) is 0. The summed E-state index contributed by atoms with van der Waals surface area (Å²) < 4.78 is 26.6. The highest BCUT2D eigenvalue weighted by atomic mass is 35.5. The standard InChI is InChI=1S/C9H2Cl2F2OS/c10-6-5-3(12)1-2-4(13)7(5)15-8(6)9(11)14/h1-2H. The van der Waals surface area contributed by atoms with Gasteiger partial charge in [0, 0.05) is 0 Å². The molecule has 0 aliphatic carbocycles. The number of hydrogen-bond acceptors (Lipinski definition) is 2. The molecule has 0 atom stereocenters. The molecule has 0 amide bonds. The molecule has 78 valence electrons. The lowest BCUT2D eigenvalue weighted by Crippen LogP contribution is -1.83. The van der Waals surface area contributed by atoms with Crippen molar-refractivity contribution in [1.29, 1.82) is 0 Å². The number of benzene rings is 1. The van der Waals surface area contributed by atoms with Crippen LogP contribution in [0.3, 0.4) is 0 Å². The van der Waals surface area contributed by atoms with Crippen LogP contribution in [0.2, 0.25) is 5.02 Å². The summed E-state index contributed by atoms with van der Waals surface area (Å²) in [4.78, 5) is 10.9. The summed E-state index contributed by atoms with van der Waals surface area (Å²) in [5.41, 5.74) is 0. The van der Waals surface area contributed by atoms with E-state index < -0.39 is 16.9 Å². The van der Waals surface area contributed by atoms with E-state index in [1.54, 1.807) is 0 Å². The van der Waals surface area contributed by atoms with Crippen molar-refractivity contribution in [2.45, 2.75) is 0 Å². The average molecular weight is 267 g/mol. The number of thiophene rings is 1. The van der Waals surface area contributed by atoms with Gasteiger partial charge in [-0.15, -0.1) is 11.3 Å². The normalized spacial score (nSPS) is 10.9. The first-order chi connectivity index (χ1) is 7.02. The Bertz CT molecular complexity index is 565. The van der Waals surface area contributed by atoms with Crippen molar-refractivity contribution in [3.05, 3.63) is 33.7 Å². The van der Waals surface area contributed by atoms with E-state index >= 15 is 0 Å². The van der Waals surface area contributed by atoms with Crippen LogP contribution in [0.4, 0.5) is 8.78 Å². The van der Waals surface area contributed by atoms with Crippen molar-refractivity contribution in [2.75, 3.05) is 0 Å². The summed E-state index contributed by atoms with van der Waals surface area (Å²) >= 11 is 11.7. The van der Waals surface area contributed by atoms with Crippen LogP contribution >= 0.6 is 34.5 Å². The zero-order chi connectivity index (χ0) is 11.2. The highest BCUT2D eigenvalue weighted by Gasteiger charge is 2.20. The van der Waals surface area contributed by atoms with Gasteiger partial charge in [0.1, 0.15) is 16.5 Å². The number of carbonyl (C=O) groups is 1. The number of carbonyl (C=O) groups excluding carboxylic acids is 1. The summed E-state index contributed by atoms with van der Waals surface area (Å²) in [6.07, 6.45) is 0. The molecule has 0 spiro atoms. The molecular weight excluding hydrogens is 265 g/mol. The molecule has 1 heterocycles. The molecule has 0 N–H and O–H groups in total. The molecule has 6 heteroatoms. The number of fused-ring (bicyclic) bond motifs is 1. The molecule has 0 bridgehead atoms. The molecular formula is C9H2Cl2F2OS. The van der Waals surface area contributed by atoms with Crippen molar-refractivity contribution in [1.82, 2.24) is 0 Å². The zero-order valence-electron chi connectivity index (χ0n) is 6.98. The SMILES string of the molecule is O=C(Cl)c1sc2c(F)ccc(F)c2c1Cl. The molecule has 1 nitrogen and oxygen atoms in total. The average Bonchev–Trinajstić information content (AvgIpc) is 2.51. The molecule has 0 aliphatic rings. The molecule has 0 aliphatic heterocycles. The van der Waals surface area contributed by atoms with Gasteiger partial charge < -0.3 is 0 Å². The molecule has 0 unspecified atom stereocenters. The van der Waals surface area contributed by atoms with Gasteiger partial charge in [-0.2, -0.15) is 0 Å². The number of halogens is 4. The Kier molecular flexibility index (Phi) is 2.66. The van der Waals surface area contributed by atoms with Crippen LogP contribution in [0.15, 0.2) is 12.1 Å². The van der Waals surface area contributed by atoms with E-state index in [2.05, 4.69) is 0 Å². The van der Waals surface area contributed by atoms with Crippen LogP contribution in [-0.4, -0.2) is 5.24 Å². The van der Waals surface area contributed by atoms with E-state index in [0.717, 1.165) is 23.5 Å². The maximum absolute atomic E-state index is 13.3. The predicted molar refractivity (Wildman–Crippen MR) is 56.9 cm³/mol. The Balaban J connectivity index is 2.93. The van der Waals surface area contributed by atoms with Gasteiger partial charge in [-0.05, 0) is 23.7 Å². The lowest BCUT2D eigenvalue weighted by molar-refractivity contribution is 0.108. The minimum atomic E-state index is -0.819. The van der Waals surface area contributed by atoms with E-state index in [0.29, 0.717) is 0 Å². The predicted octanol–water partition coefficient (Wildman–Crippen LogP) is 4.21. The zero-order valence-corrected chi connectivity index (χ0v) is 9.31. The molecule has 0 radical (unpaired) electrons. The summed E-state index contributed by atoms with van der Waals surface area (Å²) in [6, 6.07) is 1.94. The molecule has 1 aromatic carbocycles. The molecule has 15 heavy (non-hydrogen) atoms. The Morgan fingerprint density at radius 3 is 2.40 bits per heavy atom. The fraction of sp³-hybridized carbons (Fsp3) is 0. The second-order valence-electron chi connectivity index (χ2n) is 2.75. The van der Waals surface area contributed by atoms with Crippen LogP contribution in [0.25, 0.3) is 10.1 Å². The monoisotopic (exact) mass is 266 g/mol. The van der Waals surface area contributed by atoms with Crippen LogP contribution < -0.4 is 0 Å². The van der Waals surface area contributed by atoms with Crippen molar-refractivity contribution >= 4 is 49.9 Å². The van der Waals surface area contributed by atoms with Crippen molar-refractivity contribution in [3.63, 3.8) is 0 Å². The van der Waals surface area contributed by atoms with Crippen molar-refractivity contribution in [3.8, 4) is 0 Å². The molecule has 2 aromatic rings. The fourth-order valence-corrected chi connectivity index (χ4v) is 2.87. The first-order valence-corrected chi connectivity index (χ1v) is 5.35. The van der Waals surface area contributed by atoms with E-state index in [1.165, 1.54) is 0 Å². The van der Waals surface area contributed by atoms with Gasteiger partial charge in [-0.1, -0.05) is 11.6 Å². The van der Waals surface area contributed by atoms with E-state index in [9.17, 15) is 13.6 Å². The maximum atomic E-state index is 13.3. The smallest absolute Gasteiger partial charge is 0.263 e. The summed E-state index contributed by atoms with van der Waals surface area (Å²) in [6.45, 7) is 0. The minimum absolute atomic E-state index is 0.00370. The first-order valence-electron chi connectivity index (χ1n) is 3.78. The summed E-state index contributed by atoms with van der Waals surface area (Å²) in [5.74, 6) is -1.29. The van der Waals surface area contributed by atoms with Crippen LogP contribution in [0.1, 0.15) is 9.67 Å². The number of rotatable bonds is 1. The minimum Gasteiger partial charge on any atom is -0.275 e. The molecule has 0 saturated carbocycles. The highest BCUT2D eigenvalue weighted by molar-refractivity contribution is 7.23. The third-order valence-corrected chi connectivity index (χ3v) is 3.85. The van der Waals surface area contributed by atoms with Crippen molar-refractivity contribution < 1.29 is 13.6 Å². The van der Waals surface area contributed by atoms with Crippen LogP contribution in [0, 0.1) is 11.6 Å². The molecule has 0 saturated heterocycles. The van der Waals surface area contributed by atoms with Gasteiger partial charge >= 0.3 is 0 Å². The second kappa shape index (κ2) is 3.70. The Hall–Kier alpha value is -0.710. The van der Waals surface area contributed by atoms with E-state index in [4.69, 9.17) is 23.2 Å². The van der Waals surface area contributed by atoms with Gasteiger partial charge in [0.15, 0.2) is 0 Å². The van der Waals surface area contributed by atoms with Gasteiger partial charge in [-0.25, -0.2) is 8.78 Å².